The number of nitrogens with zero attached hydrogens (tertiary/aromatic N) is 4. The molecule has 8 heteroatoms. The molecule has 38 heavy (non-hydrogen) atoms. The van der Waals surface area contributed by atoms with E-state index in [0.717, 1.165) is 46.8 Å². The van der Waals surface area contributed by atoms with Crippen molar-refractivity contribution in [2.75, 3.05) is 14.2 Å². The number of rotatable bonds is 4. The van der Waals surface area contributed by atoms with E-state index in [9.17, 15) is 9.59 Å². The summed E-state index contributed by atoms with van der Waals surface area (Å²) in [5.41, 5.74) is 5.31. The van der Waals surface area contributed by atoms with Gasteiger partial charge in [-0.05, 0) is 18.6 Å². The molecular weight excluding hydrogens is 480 g/mol. The highest BCUT2D eigenvalue weighted by molar-refractivity contribution is 5.89. The standard InChI is InChI=1S/C15H16N2O2.C15H12N2O2/c2*1-19-15(18)12-7-8-14-16-13(10-17(14)9-12)11-5-3-2-4-6-11/h2-6,10,12H,7-9H2,1H3;2-10H,1H3. The van der Waals surface area contributed by atoms with Gasteiger partial charge >= 0.3 is 11.9 Å². The minimum atomic E-state index is -0.350. The Kier molecular flexibility index (Phi) is 7.31. The number of carbonyl (C=O) groups is 2. The van der Waals surface area contributed by atoms with E-state index in [1.54, 1.807) is 18.3 Å². The molecule has 0 saturated carbocycles. The van der Waals surface area contributed by atoms with Gasteiger partial charge in [0.15, 0.2) is 0 Å². The molecular formula is C30H28N4O4. The number of benzene rings is 2. The van der Waals surface area contributed by atoms with Crippen LogP contribution in [0.15, 0.2) is 91.4 Å². The number of aryl methyl sites for hydroxylation is 1. The molecule has 0 N–H and O–H groups in total. The molecule has 0 amide bonds. The van der Waals surface area contributed by atoms with Gasteiger partial charge in [-0.15, -0.1) is 0 Å². The van der Waals surface area contributed by atoms with Crippen LogP contribution in [0, 0.1) is 5.92 Å². The lowest BCUT2D eigenvalue weighted by atomic mass is 10.00. The van der Waals surface area contributed by atoms with Crippen molar-refractivity contribution in [1.29, 1.82) is 0 Å². The smallest absolute Gasteiger partial charge is 0.339 e. The van der Waals surface area contributed by atoms with Crippen LogP contribution in [0.3, 0.4) is 0 Å². The summed E-state index contributed by atoms with van der Waals surface area (Å²) in [6.07, 6.45) is 7.29. The van der Waals surface area contributed by atoms with Crippen molar-refractivity contribution >= 4 is 17.6 Å². The van der Waals surface area contributed by atoms with Gasteiger partial charge in [0.2, 0.25) is 0 Å². The van der Waals surface area contributed by atoms with E-state index in [1.807, 2.05) is 77.5 Å². The number of methoxy groups -OCH3 is 2. The summed E-state index contributed by atoms with van der Waals surface area (Å²) in [4.78, 5) is 32.2. The van der Waals surface area contributed by atoms with E-state index in [4.69, 9.17) is 9.47 Å². The van der Waals surface area contributed by atoms with Gasteiger partial charge in [-0.3, -0.25) is 4.79 Å². The van der Waals surface area contributed by atoms with Gasteiger partial charge in [-0.2, -0.15) is 0 Å². The number of fused-ring (bicyclic) bond motifs is 2. The highest BCUT2D eigenvalue weighted by Gasteiger charge is 2.26. The molecule has 5 aromatic rings. The molecule has 0 saturated heterocycles. The van der Waals surface area contributed by atoms with Gasteiger partial charge in [0.1, 0.15) is 11.5 Å². The van der Waals surface area contributed by atoms with Gasteiger partial charge in [0.25, 0.3) is 0 Å². The van der Waals surface area contributed by atoms with Crippen molar-refractivity contribution in [3.63, 3.8) is 0 Å². The predicted molar refractivity (Wildman–Crippen MR) is 143 cm³/mol. The van der Waals surface area contributed by atoms with Crippen LogP contribution in [-0.4, -0.2) is 45.1 Å². The Bertz CT molecular complexity index is 1560. The van der Waals surface area contributed by atoms with Crippen LogP contribution in [0.1, 0.15) is 22.6 Å². The number of carbonyl (C=O) groups excluding carboxylic acids is 2. The van der Waals surface area contributed by atoms with Crippen LogP contribution in [0.5, 0.6) is 0 Å². The van der Waals surface area contributed by atoms with E-state index >= 15 is 0 Å². The van der Waals surface area contributed by atoms with E-state index in [1.165, 1.54) is 14.2 Å². The summed E-state index contributed by atoms with van der Waals surface area (Å²) in [5.74, 6) is 0.534. The maximum atomic E-state index is 11.6. The molecule has 0 bridgehead atoms. The number of hydrogen-bond donors (Lipinski definition) is 0. The van der Waals surface area contributed by atoms with E-state index in [2.05, 4.69) is 14.5 Å². The number of hydrogen-bond acceptors (Lipinski definition) is 6. The fourth-order valence-electron chi connectivity index (χ4n) is 4.53. The quantitative estimate of drug-likeness (QED) is 0.315. The molecule has 1 aliphatic rings. The van der Waals surface area contributed by atoms with Crippen LogP contribution in [0.4, 0.5) is 0 Å². The second-order valence-corrected chi connectivity index (χ2v) is 8.99. The summed E-state index contributed by atoms with van der Waals surface area (Å²) < 4.78 is 13.4. The summed E-state index contributed by atoms with van der Waals surface area (Å²) in [6, 6.07) is 23.5. The minimum Gasteiger partial charge on any atom is -0.469 e. The largest absolute Gasteiger partial charge is 0.469 e. The molecule has 0 aliphatic carbocycles. The topological polar surface area (TPSA) is 87.7 Å². The summed E-state index contributed by atoms with van der Waals surface area (Å²) in [6.45, 7) is 0.668. The van der Waals surface area contributed by atoms with Gasteiger partial charge in [0, 0.05) is 42.7 Å². The summed E-state index contributed by atoms with van der Waals surface area (Å²) in [5, 5.41) is 0. The average Bonchev–Trinajstić information content (AvgIpc) is 3.61. The molecule has 3 aromatic heterocycles. The van der Waals surface area contributed by atoms with Gasteiger partial charge in [0.05, 0.1) is 37.1 Å². The fraction of sp³-hybridized carbons (Fsp3) is 0.200. The lowest BCUT2D eigenvalue weighted by molar-refractivity contribution is -0.146. The van der Waals surface area contributed by atoms with Crippen molar-refractivity contribution < 1.29 is 19.1 Å². The maximum absolute atomic E-state index is 11.6. The number of pyridine rings is 1. The zero-order valence-electron chi connectivity index (χ0n) is 21.3. The molecule has 0 fully saturated rings. The molecule has 8 nitrogen and oxygen atoms in total. The molecule has 4 heterocycles. The van der Waals surface area contributed by atoms with Crippen molar-refractivity contribution in [2.24, 2.45) is 5.92 Å². The molecule has 1 unspecified atom stereocenters. The maximum Gasteiger partial charge on any atom is 0.339 e. The van der Waals surface area contributed by atoms with Gasteiger partial charge in [-0.1, -0.05) is 60.7 Å². The van der Waals surface area contributed by atoms with Crippen molar-refractivity contribution in [3.05, 3.63) is 103 Å². The third-order valence-electron chi connectivity index (χ3n) is 6.54. The van der Waals surface area contributed by atoms with E-state index in [0.29, 0.717) is 12.1 Å². The highest BCUT2D eigenvalue weighted by Crippen LogP contribution is 2.25. The first-order valence-electron chi connectivity index (χ1n) is 12.4. The second kappa shape index (κ2) is 11.1. The van der Waals surface area contributed by atoms with E-state index in [-0.39, 0.29) is 17.9 Å². The van der Waals surface area contributed by atoms with Crippen molar-refractivity contribution in [3.8, 4) is 22.5 Å². The summed E-state index contributed by atoms with van der Waals surface area (Å²) >= 11 is 0. The number of esters is 2. The zero-order chi connectivity index (χ0) is 26.5. The average molecular weight is 509 g/mol. The third kappa shape index (κ3) is 5.34. The first-order chi connectivity index (χ1) is 18.6. The van der Waals surface area contributed by atoms with Crippen LogP contribution in [0.2, 0.25) is 0 Å². The van der Waals surface area contributed by atoms with Crippen molar-refractivity contribution in [1.82, 2.24) is 18.9 Å². The van der Waals surface area contributed by atoms with Crippen LogP contribution >= 0.6 is 0 Å². The Labute approximate surface area is 220 Å². The number of ether oxygens (including phenoxy) is 2. The normalized spacial score (nSPS) is 14.2. The molecule has 2 aromatic carbocycles. The van der Waals surface area contributed by atoms with Gasteiger partial charge < -0.3 is 18.4 Å². The molecule has 192 valence electrons. The minimum absolute atomic E-state index is 0.0460. The molecule has 0 spiro atoms. The first kappa shape index (κ1) is 25.0. The van der Waals surface area contributed by atoms with Crippen LogP contribution in [-0.2, 0) is 27.2 Å². The first-order valence-corrected chi connectivity index (χ1v) is 12.4. The third-order valence-corrected chi connectivity index (χ3v) is 6.54. The second-order valence-electron chi connectivity index (χ2n) is 8.99. The van der Waals surface area contributed by atoms with E-state index < -0.39 is 0 Å². The summed E-state index contributed by atoms with van der Waals surface area (Å²) in [7, 11) is 2.82. The lowest BCUT2D eigenvalue weighted by Crippen LogP contribution is -2.27. The fourth-order valence-corrected chi connectivity index (χ4v) is 4.53. The predicted octanol–water partition coefficient (Wildman–Crippen LogP) is 5.07. The highest BCUT2D eigenvalue weighted by atomic mass is 16.5. The SMILES string of the molecule is COC(=O)C1CCc2nc(-c3ccccc3)cn2C1.COC(=O)c1ccc2nc(-c3ccccc3)cn2c1. The molecule has 0 radical (unpaired) electrons. The number of imidazole rings is 2. The molecule has 1 atom stereocenters. The van der Waals surface area contributed by atoms with Crippen LogP contribution < -0.4 is 0 Å². The zero-order valence-corrected chi connectivity index (χ0v) is 21.3. The number of aromatic nitrogens is 4. The van der Waals surface area contributed by atoms with Gasteiger partial charge in [-0.25, -0.2) is 14.8 Å². The lowest BCUT2D eigenvalue weighted by Gasteiger charge is -2.21. The molecule has 1 aliphatic heterocycles. The van der Waals surface area contributed by atoms with Crippen molar-refractivity contribution in [2.45, 2.75) is 19.4 Å². The Morgan fingerprint density at radius 1 is 0.789 bits per heavy atom. The Balaban J connectivity index is 0.000000155. The molecule has 6 rings (SSSR count). The Hall–Kier alpha value is -4.72. The van der Waals surface area contributed by atoms with Crippen LogP contribution in [0.25, 0.3) is 28.2 Å². The monoisotopic (exact) mass is 508 g/mol. The Morgan fingerprint density at radius 2 is 1.45 bits per heavy atom. The Morgan fingerprint density at radius 3 is 2.08 bits per heavy atom.